The van der Waals surface area contributed by atoms with Gasteiger partial charge < -0.3 is 15.8 Å². The van der Waals surface area contributed by atoms with Crippen LogP contribution in [-0.2, 0) is 9.59 Å². The lowest BCUT2D eigenvalue weighted by molar-refractivity contribution is -0.121. The first kappa shape index (κ1) is 16.4. The Morgan fingerprint density at radius 3 is 2.91 bits per heavy atom. The summed E-state index contributed by atoms with van der Waals surface area (Å²) in [5.74, 6) is 0.0119. The Morgan fingerprint density at radius 2 is 2.23 bits per heavy atom. The van der Waals surface area contributed by atoms with E-state index in [0.29, 0.717) is 18.0 Å². The molecular weight excluding hydrogens is 302 g/mol. The molecule has 0 aromatic heterocycles. The van der Waals surface area contributed by atoms with Gasteiger partial charge in [0.2, 0.25) is 5.91 Å². The van der Waals surface area contributed by atoms with Gasteiger partial charge in [0.1, 0.15) is 11.0 Å². The van der Waals surface area contributed by atoms with Crippen LogP contribution in [0.1, 0.15) is 26.2 Å². The van der Waals surface area contributed by atoms with Crippen LogP contribution >= 0.6 is 11.8 Å². The molecule has 1 aromatic carbocycles. The number of aliphatic imine (C=N–C) groups is 1. The van der Waals surface area contributed by atoms with Gasteiger partial charge in [-0.25, -0.2) is 0 Å². The van der Waals surface area contributed by atoms with E-state index in [0.717, 1.165) is 24.6 Å². The molecule has 118 valence electrons. The van der Waals surface area contributed by atoms with Gasteiger partial charge in [0, 0.05) is 6.42 Å². The smallest absolute Gasteiger partial charge is 0.262 e. The van der Waals surface area contributed by atoms with Crippen LogP contribution in [0.15, 0.2) is 29.3 Å². The Kier molecular flexibility index (Phi) is 5.83. The number of rotatable bonds is 7. The molecule has 3 N–H and O–H groups in total. The number of carbonyl (C=O) groups excluding carboxylic acids is 2. The second-order valence-corrected chi connectivity index (χ2v) is 6.07. The van der Waals surface area contributed by atoms with Crippen molar-refractivity contribution in [3.05, 3.63) is 24.3 Å². The third-order valence-corrected chi connectivity index (χ3v) is 4.03. The number of amides is 2. The molecule has 0 saturated carbocycles. The molecule has 2 rings (SSSR count). The van der Waals surface area contributed by atoms with Gasteiger partial charge in [-0.3, -0.25) is 9.59 Å². The Labute approximate surface area is 133 Å². The zero-order chi connectivity index (χ0) is 15.9. The molecule has 1 aliphatic rings. The lowest BCUT2D eigenvalue weighted by Crippen LogP contribution is -2.22. The molecule has 0 spiro atoms. The molecule has 7 heteroatoms. The van der Waals surface area contributed by atoms with Gasteiger partial charge in [-0.05, 0) is 18.6 Å². The number of hydrogen-bond donors (Lipinski definition) is 2. The summed E-state index contributed by atoms with van der Waals surface area (Å²) in [7, 11) is 0. The summed E-state index contributed by atoms with van der Waals surface area (Å²) in [5, 5.41) is 2.46. The SMILES string of the molecule is CCCCOc1ccccc1NC(=O)CC1SC(N)=NC1=O. The molecule has 1 aromatic rings. The molecule has 0 aliphatic carbocycles. The number of hydrogen-bond acceptors (Lipinski definition) is 5. The van der Waals surface area contributed by atoms with Crippen molar-refractivity contribution >= 4 is 34.4 Å². The van der Waals surface area contributed by atoms with E-state index in [9.17, 15) is 9.59 Å². The Morgan fingerprint density at radius 1 is 1.45 bits per heavy atom. The third kappa shape index (κ3) is 4.49. The van der Waals surface area contributed by atoms with Crippen molar-refractivity contribution < 1.29 is 14.3 Å². The van der Waals surface area contributed by atoms with E-state index in [-0.39, 0.29) is 23.4 Å². The van der Waals surface area contributed by atoms with Crippen molar-refractivity contribution in [1.82, 2.24) is 0 Å². The van der Waals surface area contributed by atoms with Gasteiger partial charge in [0.15, 0.2) is 5.17 Å². The number of unbranched alkanes of at least 4 members (excludes halogenated alkanes) is 1. The fraction of sp³-hybridized carbons (Fsp3) is 0.400. The average Bonchev–Trinajstić information content (AvgIpc) is 2.79. The lowest BCUT2D eigenvalue weighted by Gasteiger charge is -2.13. The standard InChI is InChI=1S/C15H19N3O3S/c1-2-3-8-21-11-7-5-4-6-10(11)17-13(19)9-12-14(20)18-15(16)22-12/h4-7,12H,2-3,8-9H2,1H3,(H,17,19)(H2,16,18,20). The van der Waals surface area contributed by atoms with E-state index in [1.807, 2.05) is 18.2 Å². The predicted octanol–water partition coefficient (Wildman–Crippen LogP) is 2.15. The largest absolute Gasteiger partial charge is 0.491 e. The van der Waals surface area contributed by atoms with Crippen LogP contribution in [0, 0.1) is 0 Å². The zero-order valence-corrected chi connectivity index (χ0v) is 13.2. The number of nitrogens with one attached hydrogen (secondary N) is 1. The maximum absolute atomic E-state index is 12.1. The topological polar surface area (TPSA) is 93.8 Å². The summed E-state index contributed by atoms with van der Waals surface area (Å²) < 4.78 is 5.66. The van der Waals surface area contributed by atoms with Crippen LogP contribution in [0.4, 0.5) is 5.69 Å². The van der Waals surface area contributed by atoms with Crippen molar-refractivity contribution in [2.75, 3.05) is 11.9 Å². The molecule has 0 fully saturated rings. The van der Waals surface area contributed by atoms with Crippen LogP contribution in [-0.4, -0.2) is 28.8 Å². The number of thioether (sulfide) groups is 1. The molecular formula is C15H19N3O3S. The first-order valence-corrected chi connectivity index (χ1v) is 8.04. The molecule has 1 unspecified atom stereocenters. The highest BCUT2D eigenvalue weighted by atomic mass is 32.2. The molecule has 1 atom stereocenters. The monoisotopic (exact) mass is 321 g/mol. The van der Waals surface area contributed by atoms with Crippen molar-refractivity contribution in [3.63, 3.8) is 0 Å². The molecule has 1 heterocycles. The van der Waals surface area contributed by atoms with Crippen molar-refractivity contribution in [3.8, 4) is 5.75 Å². The minimum absolute atomic E-state index is 0.0387. The van der Waals surface area contributed by atoms with Crippen LogP contribution in [0.25, 0.3) is 0 Å². The minimum Gasteiger partial charge on any atom is -0.491 e. The summed E-state index contributed by atoms with van der Waals surface area (Å²) >= 11 is 1.12. The van der Waals surface area contributed by atoms with Crippen LogP contribution in [0.2, 0.25) is 0 Å². The van der Waals surface area contributed by atoms with Crippen LogP contribution < -0.4 is 15.8 Å². The predicted molar refractivity (Wildman–Crippen MR) is 88.1 cm³/mol. The van der Waals surface area contributed by atoms with Gasteiger partial charge in [0.05, 0.1) is 12.3 Å². The van der Waals surface area contributed by atoms with E-state index in [2.05, 4.69) is 17.2 Å². The van der Waals surface area contributed by atoms with Crippen molar-refractivity contribution in [1.29, 1.82) is 0 Å². The summed E-state index contributed by atoms with van der Waals surface area (Å²) in [6, 6.07) is 7.25. The third-order valence-electron chi connectivity index (χ3n) is 3.05. The van der Waals surface area contributed by atoms with Gasteiger partial charge in [-0.1, -0.05) is 37.2 Å². The van der Waals surface area contributed by atoms with Crippen molar-refractivity contribution in [2.24, 2.45) is 10.7 Å². The first-order chi connectivity index (χ1) is 10.6. The molecule has 22 heavy (non-hydrogen) atoms. The number of para-hydroxylation sites is 2. The molecule has 0 bridgehead atoms. The number of ether oxygens (including phenoxy) is 1. The normalized spacial score (nSPS) is 17.2. The van der Waals surface area contributed by atoms with E-state index in [4.69, 9.17) is 10.5 Å². The molecule has 6 nitrogen and oxygen atoms in total. The summed E-state index contributed by atoms with van der Waals surface area (Å²) in [6.45, 7) is 2.69. The van der Waals surface area contributed by atoms with E-state index < -0.39 is 5.25 Å². The first-order valence-electron chi connectivity index (χ1n) is 7.16. The van der Waals surface area contributed by atoms with Gasteiger partial charge in [-0.2, -0.15) is 4.99 Å². The highest BCUT2D eigenvalue weighted by Gasteiger charge is 2.29. The number of benzene rings is 1. The summed E-state index contributed by atoms with van der Waals surface area (Å²) in [4.78, 5) is 27.2. The number of amidine groups is 1. The fourth-order valence-electron chi connectivity index (χ4n) is 1.92. The van der Waals surface area contributed by atoms with Gasteiger partial charge in [-0.15, -0.1) is 0 Å². The van der Waals surface area contributed by atoms with Gasteiger partial charge >= 0.3 is 0 Å². The average molecular weight is 321 g/mol. The molecule has 2 amide bonds. The highest BCUT2D eigenvalue weighted by molar-refractivity contribution is 8.15. The number of nitrogens with two attached hydrogens (primary N) is 1. The minimum atomic E-state index is -0.534. The zero-order valence-electron chi connectivity index (χ0n) is 12.4. The summed E-state index contributed by atoms with van der Waals surface area (Å²) in [5.41, 5.74) is 6.08. The van der Waals surface area contributed by atoms with Crippen LogP contribution in [0.5, 0.6) is 5.75 Å². The Bertz CT molecular complexity index is 589. The second-order valence-electron chi connectivity index (χ2n) is 4.85. The highest BCUT2D eigenvalue weighted by Crippen LogP contribution is 2.26. The maximum atomic E-state index is 12.1. The molecule has 0 radical (unpaired) electrons. The fourth-order valence-corrected chi connectivity index (χ4v) is 2.75. The van der Waals surface area contributed by atoms with Crippen molar-refractivity contribution in [2.45, 2.75) is 31.4 Å². The Hall–Kier alpha value is -2.02. The quantitative estimate of drug-likeness (QED) is 0.751. The van der Waals surface area contributed by atoms with Gasteiger partial charge in [0.25, 0.3) is 5.91 Å². The number of anilines is 1. The van der Waals surface area contributed by atoms with E-state index >= 15 is 0 Å². The number of nitrogens with zero attached hydrogens (tertiary/aromatic N) is 1. The van der Waals surface area contributed by atoms with E-state index in [1.54, 1.807) is 6.07 Å². The molecule has 0 saturated heterocycles. The maximum Gasteiger partial charge on any atom is 0.262 e. The lowest BCUT2D eigenvalue weighted by atomic mass is 10.2. The Balaban J connectivity index is 1.92. The second kappa shape index (κ2) is 7.84. The summed E-state index contributed by atoms with van der Waals surface area (Å²) in [6.07, 6.45) is 2.03. The van der Waals surface area contributed by atoms with E-state index in [1.165, 1.54) is 0 Å². The van der Waals surface area contributed by atoms with Crippen LogP contribution in [0.3, 0.4) is 0 Å². The molecule has 1 aliphatic heterocycles. The number of carbonyl (C=O) groups is 2.